The molecule has 4 aromatic rings. The Morgan fingerprint density at radius 2 is 1.91 bits per heavy atom. The summed E-state index contributed by atoms with van der Waals surface area (Å²) in [4.78, 5) is 17.2. The number of carboxylic acids is 1. The molecule has 2 N–H and O–H groups in total. The minimum atomic E-state index is -1.04. The molecule has 0 saturated heterocycles. The molecular formula is C28H29NO5. The largest absolute Gasteiger partial charge is 0.493 e. The molecule has 0 aliphatic heterocycles. The number of aromatic nitrogens is 1. The van der Waals surface area contributed by atoms with Crippen LogP contribution in [0.15, 0.2) is 46.9 Å². The summed E-state index contributed by atoms with van der Waals surface area (Å²) in [5.74, 6) is 0.392. The highest BCUT2D eigenvalue weighted by Crippen LogP contribution is 2.38. The van der Waals surface area contributed by atoms with E-state index >= 15 is 0 Å². The van der Waals surface area contributed by atoms with Crippen LogP contribution < -0.4 is 4.74 Å². The van der Waals surface area contributed by atoms with Gasteiger partial charge in [0.05, 0.1) is 28.7 Å². The number of carbonyl (C=O) groups is 1. The van der Waals surface area contributed by atoms with E-state index in [0.717, 1.165) is 47.8 Å². The van der Waals surface area contributed by atoms with Gasteiger partial charge < -0.3 is 19.4 Å². The third kappa shape index (κ3) is 4.03. The summed E-state index contributed by atoms with van der Waals surface area (Å²) >= 11 is 0. The molecule has 0 unspecified atom stereocenters. The van der Waals surface area contributed by atoms with Crippen molar-refractivity contribution in [2.45, 2.75) is 52.1 Å². The first-order valence-corrected chi connectivity index (χ1v) is 11.7. The molecule has 2 aromatic heterocycles. The van der Waals surface area contributed by atoms with Crippen molar-refractivity contribution in [1.29, 1.82) is 0 Å². The van der Waals surface area contributed by atoms with E-state index in [9.17, 15) is 15.0 Å². The van der Waals surface area contributed by atoms with E-state index in [1.165, 1.54) is 0 Å². The zero-order chi connectivity index (χ0) is 24.0. The number of hydrogen-bond donors (Lipinski definition) is 2. The summed E-state index contributed by atoms with van der Waals surface area (Å²) in [5.41, 5.74) is 3.18. The molecule has 0 amide bonds. The standard InChI is InChI=1S/C28H29NO5/c1-16-8-9-23(33-15-18-10-12-28(3,32)13-11-18)24-20(27(30)31)14-21(29-25(16)24)26-17(2)19-6-4-5-7-22(19)34-26/h4-9,14,18,32H,10-13,15H2,1-3H3,(H,30,31). The van der Waals surface area contributed by atoms with Crippen molar-refractivity contribution in [3.8, 4) is 17.2 Å². The third-order valence-corrected chi connectivity index (χ3v) is 7.09. The van der Waals surface area contributed by atoms with Crippen LogP contribution in [0.4, 0.5) is 0 Å². The highest BCUT2D eigenvalue weighted by molar-refractivity contribution is 6.07. The molecule has 0 bridgehead atoms. The van der Waals surface area contributed by atoms with Crippen molar-refractivity contribution in [1.82, 2.24) is 4.98 Å². The number of nitrogens with zero attached hydrogens (tertiary/aromatic N) is 1. The van der Waals surface area contributed by atoms with Gasteiger partial charge in [-0.2, -0.15) is 0 Å². The lowest BCUT2D eigenvalue weighted by molar-refractivity contribution is 0.00159. The third-order valence-electron chi connectivity index (χ3n) is 7.09. The van der Waals surface area contributed by atoms with Gasteiger partial charge in [0.2, 0.25) is 0 Å². The molecule has 1 aliphatic carbocycles. The molecule has 6 nitrogen and oxygen atoms in total. The van der Waals surface area contributed by atoms with Gasteiger partial charge in [0, 0.05) is 10.9 Å². The first kappa shape index (κ1) is 22.4. The molecule has 0 atom stereocenters. The lowest BCUT2D eigenvalue weighted by Gasteiger charge is -2.32. The Morgan fingerprint density at radius 1 is 1.18 bits per heavy atom. The Bertz CT molecular complexity index is 1390. The minimum absolute atomic E-state index is 0.144. The number of para-hydroxylation sites is 1. The van der Waals surface area contributed by atoms with E-state index in [2.05, 4.69) is 0 Å². The number of pyridine rings is 1. The number of fused-ring (bicyclic) bond motifs is 2. The second kappa shape index (κ2) is 8.44. The Hall–Kier alpha value is -3.38. The molecule has 0 radical (unpaired) electrons. The summed E-state index contributed by atoms with van der Waals surface area (Å²) in [6, 6.07) is 13.1. The van der Waals surface area contributed by atoms with Gasteiger partial charge in [-0.05, 0) is 76.1 Å². The summed E-state index contributed by atoms with van der Waals surface area (Å²) in [6.07, 6.45) is 3.27. The van der Waals surface area contributed by atoms with Crippen LogP contribution in [0.2, 0.25) is 0 Å². The lowest BCUT2D eigenvalue weighted by atomic mass is 9.80. The maximum Gasteiger partial charge on any atom is 0.336 e. The smallest absolute Gasteiger partial charge is 0.336 e. The fraction of sp³-hybridized carbons (Fsp3) is 0.357. The van der Waals surface area contributed by atoms with Crippen LogP contribution >= 0.6 is 0 Å². The van der Waals surface area contributed by atoms with Crippen LogP contribution in [-0.4, -0.2) is 33.4 Å². The van der Waals surface area contributed by atoms with Crippen LogP contribution in [-0.2, 0) is 0 Å². The molecule has 1 saturated carbocycles. The number of carboxylic acid groups (broad SMARTS) is 1. The van der Waals surface area contributed by atoms with Crippen LogP contribution in [0.3, 0.4) is 0 Å². The number of aliphatic hydroxyl groups is 1. The number of aromatic carboxylic acids is 1. The van der Waals surface area contributed by atoms with Gasteiger partial charge >= 0.3 is 5.97 Å². The van der Waals surface area contributed by atoms with Gasteiger partial charge in [0.15, 0.2) is 5.76 Å². The quantitative estimate of drug-likeness (QED) is 0.365. The molecule has 176 valence electrons. The van der Waals surface area contributed by atoms with E-state index in [-0.39, 0.29) is 5.56 Å². The topological polar surface area (TPSA) is 92.8 Å². The Kier molecular flexibility index (Phi) is 5.56. The van der Waals surface area contributed by atoms with E-state index in [1.807, 2.05) is 57.2 Å². The highest BCUT2D eigenvalue weighted by Gasteiger charge is 2.29. The summed E-state index contributed by atoms with van der Waals surface area (Å²) < 4.78 is 12.3. The fourth-order valence-corrected chi connectivity index (χ4v) is 4.94. The second-order valence-electron chi connectivity index (χ2n) is 9.77. The average molecular weight is 460 g/mol. The van der Waals surface area contributed by atoms with Gasteiger partial charge in [-0.25, -0.2) is 9.78 Å². The SMILES string of the molecule is Cc1c(-c2cc(C(=O)O)c3c(OCC4CCC(C)(O)CC4)ccc(C)c3n2)oc2ccccc12. The zero-order valence-electron chi connectivity index (χ0n) is 19.7. The second-order valence-corrected chi connectivity index (χ2v) is 9.77. The van der Waals surface area contributed by atoms with Gasteiger partial charge in [-0.1, -0.05) is 24.3 Å². The van der Waals surface area contributed by atoms with Crippen LogP contribution in [0.5, 0.6) is 5.75 Å². The zero-order valence-corrected chi connectivity index (χ0v) is 19.7. The van der Waals surface area contributed by atoms with Crippen molar-refractivity contribution in [2.24, 2.45) is 5.92 Å². The van der Waals surface area contributed by atoms with E-state index in [1.54, 1.807) is 6.07 Å². The normalized spacial score (nSPS) is 20.6. The fourth-order valence-electron chi connectivity index (χ4n) is 4.94. The van der Waals surface area contributed by atoms with Crippen LogP contribution in [0.1, 0.15) is 54.1 Å². The van der Waals surface area contributed by atoms with Gasteiger partial charge in [-0.15, -0.1) is 0 Å². The number of hydrogen-bond acceptors (Lipinski definition) is 5. The van der Waals surface area contributed by atoms with Gasteiger partial charge in [0.1, 0.15) is 17.0 Å². The van der Waals surface area contributed by atoms with Crippen molar-refractivity contribution in [2.75, 3.05) is 6.61 Å². The van der Waals surface area contributed by atoms with Crippen molar-refractivity contribution < 1.29 is 24.2 Å². The molecule has 1 fully saturated rings. The monoisotopic (exact) mass is 459 g/mol. The van der Waals surface area contributed by atoms with Crippen LogP contribution in [0, 0.1) is 19.8 Å². The van der Waals surface area contributed by atoms with Crippen LogP contribution in [0.25, 0.3) is 33.3 Å². The van der Waals surface area contributed by atoms with E-state index in [4.69, 9.17) is 14.1 Å². The predicted octanol–water partition coefficient (Wildman–Crippen LogP) is 6.28. The summed E-state index contributed by atoms with van der Waals surface area (Å²) in [6.45, 7) is 6.24. The summed E-state index contributed by atoms with van der Waals surface area (Å²) in [5, 5.41) is 21.8. The molecule has 34 heavy (non-hydrogen) atoms. The van der Waals surface area contributed by atoms with Crippen molar-refractivity contribution in [3.63, 3.8) is 0 Å². The molecule has 1 aliphatic rings. The number of rotatable bonds is 5. The van der Waals surface area contributed by atoms with E-state index in [0.29, 0.717) is 40.6 Å². The lowest BCUT2D eigenvalue weighted by Crippen LogP contribution is -2.32. The predicted molar refractivity (Wildman–Crippen MR) is 131 cm³/mol. The molecule has 5 rings (SSSR count). The number of ether oxygens (including phenoxy) is 1. The molecular weight excluding hydrogens is 430 g/mol. The van der Waals surface area contributed by atoms with Crippen molar-refractivity contribution in [3.05, 3.63) is 59.2 Å². The summed E-state index contributed by atoms with van der Waals surface area (Å²) in [7, 11) is 0. The minimum Gasteiger partial charge on any atom is -0.493 e. The maximum atomic E-state index is 12.4. The Morgan fingerprint density at radius 3 is 2.62 bits per heavy atom. The number of aryl methyl sites for hydroxylation is 2. The molecule has 0 spiro atoms. The number of benzene rings is 2. The Labute approximate surface area is 198 Å². The number of furan rings is 1. The first-order chi connectivity index (χ1) is 16.2. The molecule has 2 heterocycles. The Balaban J connectivity index is 1.56. The maximum absolute atomic E-state index is 12.4. The van der Waals surface area contributed by atoms with Gasteiger partial charge in [0.25, 0.3) is 0 Å². The van der Waals surface area contributed by atoms with Crippen molar-refractivity contribution >= 4 is 27.8 Å². The van der Waals surface area contributed by atoms with Gasteiger partial charge in [-0.3, -0.25) is 0 Å². The average Bonchev–Trinajstić information content (AvgIpc) is 3.15. The van der Waals surface area contributed by atoms with E-state index < -0.39 is 11.6 Å². The molecule has 6 heteroatoms. The first-order valence-electron chi connectivity index (χ1n) is 11.7. The molecule has 2 aromatic carbocycles. The highest BCUT2D eigenvalue weighted by atomic mass is 16.5.